The Morgan fingerprint density at radius 1 is 1.18 bits per heavy atom. The number of aliphatic hydroxyl groups is 1. The first-order valence-corrected chi connectivity index (χ1v) is 7.58. The lowest BCUT2D eigenvalue weighted by molar-refractivity contribution is 0.193. The summed E-state index contributed by atoms with van der Waals surface area (Å²) in [7, 11) is -3.18. The quantitative estimate of drug-likeness (QED) is 0.844. The molecule has 2 unspecified atom stereocenters. The molecule has 0 saturated carbocycles. The number of aliphatic hydroxyl groups excluding tert-OH is 1. The first-order valence-electron chi connectivity index (χ1n) is 5.87. The van der Waals surface area contributed by atoms with Gasteiger partial charge in [0.1, 0.15) is 0 Å². The Kier molecular flexibility index (Phi) is 5.15. The average molecular weight is 256 g/mol. The van der Waals surface area contributed by atoms with Crippen LogP contribution in [0.15, 0.2) is 30.3 Å². The third-order valence-electron chi connectivity index (χ3n) is 2.98. The van der Waals surface area contributed by atoms with Crippen molar-refractivity contribution < 1.29 is 13.5 Å². The second-order valence-electron chi connectivity index (χ2n) is 4.40. The SMILES string of the molecule is CC(O)C(C)S(=O)(=O)CCCc1ccccc1. The molecule has 1 aromatic rings. The Labute approximate surface area is 103 Å². The van der Waals surface area contributed by atoms with Crippen LogP contribution in [0.3, 0.4) is 0 Å². The largest absolute Gasteiger partial charge is 0.392 e. The van der Waals surface area contributed by atoms with E-state index in [1.54, 1.807) is 6.92 Å². The molecule has 1 rings (SSSR count). The molecule has 1 N–H and O–H groups in total. The van der Waals surface area contributed by atoms with Gasteiger partial charge in [0.25, 0.3) is 0 Å². The van der Waals surface area contributed by atoms with E-state index < -0.39 is 21.2 Å². The van der Waals surface area contributed by atoms with E-state index in [0.717, 1.165) is 12.0 Å². The Morgan fingerprint density at radius 2 is 1.76 bits per heavy atom. The standard InChI is InChI=1S/C13H20O3S/c1-11(14)12(2)17(15,16)10-6-9-13-7-4-3-5-8-13/h3-5,7-8,11-12,14H,6,9-10H2,1-2H3. The Morgan fingerprint density at radius 3 is 2.29 bits per heavy atom. The lowest BCUT2D eigenvalue weighted by Gasteiger charge is -2.15. The van der Waals surface area contributed by atoms with Crippen molar-refractivity contribution in [3.63, 3.8) is 0 Å². The van der Waals surface area contributed by atoms with Crippen LogP contribution in [0.1, 0.15) is 25.8 Å². The average Bonchev–Trinajstić information content (AvgIpc) is 2.29. The van der Waals surface area contributed by atoms with Gasteiger partial charge in [0.15, 0.2) is 9.84 Å². The molecule has 0 aliphatic rings. The lowest BCUT2D eigenvalue weighted by atomic mass is 10.1. The molecule has 0 spiro atoms. The molecule has 0 aromatic heterocycles. The van der Waals surface area contributed by atoms with E-state index in [1.807, 2.05) is 30.3 Å². The zero-order valence-electron chi connectivity index (χ0n) is 10.3. The molecule has 0 bridgehead atoms. The van der Waals surface area contributed by atoms with Crippen LogP contribution in [0.4, 0.5) is 0 Å². The molecule has 3 nitrogen and oxygen atoms in total. The van der Waals surface area contributed by atoms with Gasteiger partial charge in [-0.15, -0.1) is 0 Å². The molecule has 0 aliphatic carbocycles. The van der Waals surface area contributed by atoms with Crippen molar-refractivity contribution in [1.29, 1.82) is 0 Å². The minimum atomic E-state index is -3.18. The van der Waals surface area contributed by atoms with Crippen molar-refractivity contribution in [2.75, 3.05) is 5.75 Å². The molecule has 4 heteroatoms. The van der Waals surface area contributed by atoms with Crippen molar-refractivity contribution >= 4 is 9.84 Å². The number of aryl methyl sites for hydroxylation is 1. The molecular weight excluding hydrogens is 236 g/mol. The fourth-order valence-corrected chi connectivity index (χ4v) is 3.13. The van der Waals surface area contributed by atoms with Crippen LogP contribution in [-0.2, 0) is 16.3 Å². The Balaban J connectivity index is 2.46. The van der Waals surface area contributed by atoms with E-state index in [-0.39, 0.29) is 5.75 Å². The maximum Gasteiger partial charge on any atom is 0.155 e. The van der Waals surface area contributed by atoms with Gasteiger partial charge in [-0.2, -0.15) is 0 Å². The van der Waals surface area contributed by atoms with E-state index in [1.165, 1.54) is 6.92 Å². The number of sulfone groups is 1. The highest BCUT2D eigenvalue weighted by Gasteiger charge is 2.24. The van der Waals surface area contributed by atoms with Gasteiger partial charge in [0, 0.05) is 0 Å². The first-order chi connectivity index (χ1) is 7.93. The van der Waals surface area contributed by atoms with Crippen LogP contribution < -0.4 is 0 Å². The topological polar surface area (TPSA) is 54.4 Å². The molecular formula is C13H20O3S. The third-order valence-corrected chi connectivity index (χ3v) is 5.37. The van der Waals surface area contributed by atoms with Crippen LogP contribution in [-0.4, -0.2) is 30.6 Å². The third kappa shape index (κ3) is 4.48. The van der Waals surface area contributed by atoms with Gasteiger partial charge >= 0.3 is 0 Å². The summed E-state index contributed by atoms with van der Waals surface area (Å²) < 4.78 is 23.6. The monoisotopic (exact) mass is 256 g/mol. The molecule has 0 saturated heterocycles. The molecule has 1 aromatic carbocycles. The van der Waals surface area contributed by atoms with Gasteiger partial charge in [-0.1, -0.05) is 30.3 Å². The van der Waals surface area contributed by atoms with Crippen LogP contribution in [0.5, 0.6) is 0 Å². The number of benzene rings is 1. The van der Waals surface area contributed by atoms with Gasteiger partial charge in [-0.3, -0.25) is 0 Å². The van der Waals surface area contributed by atoms with Gasteiger partial charge in [0.2, 0.25) is 0 Å². The van der Waals surface area contributed by atoms with Crippen LogP contribution in [0.2, 0.25) is 0 Å². The van der Waals surface area contributed by atoms with Crippen molar-refractivity contribution in [2.24, 2.45) is 0 Å². The van der Waals surface area contributed by atoms with E-state index in [4.69, 9.17) is 0 Å². The van der Waals surface area contributed by atoms with E-state index in [0.29, 0.717) is 6.42 Å². The molecule has 96 valence electrons. The Bertz CT molecular complexity index is 423. The summed E-state index contributed by atoms with van der Waals surface area (Å²) in [5, 5.41) is 8.61. The fourth-order valence-electron chi connectivity index (χ4n) is 1.61. The van der Waals surface area contributed by atoms with Crippen LogP contribution in [0, 0.1) is 0 Å². The second-order valence-corrected chi connectivity index (χ2v) is 6.88. The minimum absolute atomic E-state index is 0.133. The van der Waals surface area contributed by atoms with E-state index in [9.17, 15) is 13.5 Å². The first kappa shape index (κ1) is 14.2. The van der Waals surface area contributed by atoms with Gasteiger partial charge in [-0.05, 0) is 32.3 Å². The summed E-state index contributed by atoms with van der Waals surface area (Å²) in [5.74, 6) is 0.133. The lowest BCUT2D eigenvalue weighted by Crippen LogP contribution is -2.31. The maximum absolute atomic E-state index is 11.8. The summed E-state index contributed by atoms with van der Waals surface area (Å²) in [5.41, 5.74) is 1.15. The van der Waals surface area contributed by atoms with Crippen molar-refractivity contribution in [3.05, 3.63) is 35.9 Å². The summed E-state index contributed by atoms with van der Waals surface area (Å²) in [4.78, 5) is 0. The zero-order chi connectivity index (χ0) is 12.9. The summed E-state index contributed by atoms with van der Waals surface area (Å²) in [6, 6.07) is 9.82. The second kappa shape index (κ2) is 6.17. The van der Waals surface area contributed by atoms with Crippen LogP contribution >= 0.6 is 0 Å². The number of hydrogen-bond acceptors (Lipinski definition) is 3. The summed E-state index contributed by atoms with van der Waals surface area (Å²) in [6.07, 6.45) is 0.549. The summed E-state index contributed by atoms with van der Waals surface area (Å²) in [6.45, 7) is 3.07. The zero-order valence-corrected chi connectivity index (χ0v) is 11.2. The van der Waals surface area contributed by atoms with Gasteiger partial charge in [0.05, 0.1) is 17.1 Å². The molecule has 0 amide bonds. The van der Waals surface area contributed by atoms with Gasteiger partial charge < -0.3 is 5.11 Å². The number of hydrogen-bond donors (Lipinski definition) is 1. The van der Waals surface area contributed by atoms with Crippen molar-refractivity contribution in [3.8, 4) is 0 Å². The molecule has 0 heterocycles. The predicted molar refractivity (Wildman–Crippen MR) is 69.7 cm³/mol. The Hall–Kier alpha value is -0.870. The maximum atomic E-state index is 11.8. The highest BCUT2D eigenvalue weighted by Crippen LogP contribution is 2.10. The van der Waals surface area contributed by atoms with E-state index in [2.05, 4.69) is 0 Å². The summed E-state index contributed by atoms with van der Waals surface area (Å²) >= 11 is 0. The smallest absolute Gasteiger partial charge is 0.155 e. The fraction of sp³-hybridized carbons (Fsp3) is 0.538. The molecule has 0 fully saturated rings. The predicted octanol–water partition coefficient (Wildman–Crippen LogP) is 1.80. The molecule has 2 atom stereocenters. The minimum Gasteiger partial charge on any atom is -0.392 e. The normalized spacial score (nSPS) is 15.5. The van der Waals surface area contributed by atoms with Gasteiger partial charge in [-0.25, -0.2) is 8.42 Å². The highest BCUT2D eigenvalue weighted by molar-refractivity contribution is 7.92. The number of rotatable bonds is 6. The molecule has 17 heavy (non-hydrogen) atoms. The van der Waals surface area contributed by atoms with Crippen LogP contribution in [0.25, 0.3) is 0 Å². The highest BCUT2D eigenvalue weighted by atomic mass is 32.2. The van der Waals surface area contributed by atoms with E-state index >= 15 is 0 Å². The molecule has 0 radical (unpaired) electrons. The van der Waals surface area contributed by atoms with Crippen molar-refractivity contribution in [1.82, 2.24) is 0 Å². The molecule has 0 aliphatic heterocycles. The van der Waals surface area contributed by atoms with Crippen molar-refractivity contribution in [2.45, 2.75) is 38.0 Å².